The summed E-state index contributed by atoms with van der Waals surface area (Å²) < 4.78 is 10.9. The van der Waals surface area contributed by atoms with Crippen molar-refractivity contribution in [1.82, 2.24) is 15.1 Å². The second kappa shape index (κ2) is 7.62. The Labute approximate surface area is 141 Å². The van der Waals surface area contributed by atoms with Gasteiger partial charge in [0.1, 0.15) is 12.2 Å². The van der Waals surface area contributed by atoms with E-state index < -0.39 is 12.2 Å². The smallest absolute Gasteiger partial charge is 0.287 e. The number of ether oxygens (including phenoxy) is 1. The molecule has 0 bridgehead atoms. The number of carbonyl (C=O) groups is 1. The van der Waals surface area contributed by atoms with Gasteiger partial charge in [0.15, 0.2) is 5.76 Å². The second-order valence-electron chi connectivity index (χ2n) is 6.40. The Kier molecular flexibility index (Phi) is 5.52. The number of likely N-dealkylation sites (N-methyl/N-ethyl adjacent to an activating group) is 1. The lowest BCUT2D eigenvalue weighted by atomic mass is 10.0. The van der Waals surface area contributed by atoms with Crippen LogP contribution in [0.25, 0.3) is 0 Å². The number of carbonyl (C=O) groups excluding carboxylic acids is 1. The monoisotopic (exact) mass is 339 g/mol. The van der Waals surface area contributed by atoms with Crippen LogP contribution in [0.4, 0.5) is 0 Å². The molecule has 2 aliphatic heterocycles. The molecule has 4 atom stereocenters. The molecule has 3 heterocycles. The molecular weight excluding hydrogens is 314 g/mol. The minimum absolute atomic E-state index is 0.239. The summed E-state index contributed by atoms with van der Waals surface area (Å²) in [6.07, 6.45) is -0.330. The third-order valence-electron chi connectivity index (χ3n) is 4.81. The van der Waals surface area contributed by atoms with E-state index >= 15 is 0 Å². The van der Waals surface area contributed by atoms with E-state index in [4.69, 9.17) is 9.15 Å². The Morgan fingerprint density at radius 3 is 2.71 bits per heavy atom. The van der Waals surface area contributed by atoms with E-state index in [0.29, 0.717) is 0 Å². The molecule has 2 aliphatic rings. The van der Waals surface area contributed by atoms with E-state index in [2.05, 4.69) is 22.2 Å². The maximum atomic E-state index is 12.0. The number of aliphatic hydroxyl groups excluding tert-OH is 2. The van der Waals surface area contributed by atoms with Crippen LogP contribution < -0.4 is 5.32 Å². The SMILES string of the molecule is CN1CCN([C@@H]2[C@H](O)[C@H](CO)O[C@@H]2CNC(=O)c2ccco2)CC1. The van der Waals surface area contributed by atoms with Gasteiger partial charge in [0, 0.05) is 32.7 Å². The number of aliphatic hydroxyl groups is 2. The fourth-order valence-corrected chi connectivity index (χ4v) is 3.40. The van der Waals surface area contributed by atoms with Crippen LogP contribution in [0.3, 0.4) is 0 Å². The van der Waals surface area contributed by atoms with Gasteiger partial charge in [-0.2, -0.15) is 0 Å². The topological polar surface area (TPSA) is 98.4 Å². The Morgan fingerprint density at radius 2 is 2.08 bits per heavy atom. The molecule has 2 saturated heterocycles. The van der Waals surface area contributed by atoms with Crippen LogP contribution in [-0.2, 0) is 4.74 Å². The molecule has 3 rings (SSSR count). The van der Waals surface area contributed by atoms with Crippen LogP contribution in [0.2, 0.25) is 0 Å². The van der Waals surface area contributed by atoms with E-state index in [1.165, 1.54) is 6.26 Å². The molecule has 24 heavy (non-hydrogen) atoms. The van der Waals surface area contributed by atoms with E-state index in [1.54, 1.807) is 12.1 Å². The molecule has 1 aromatic heterocycles. The molecule has 3 N–H and O–H groups in total. The number of nitrogens with one attached hydrogen (secondary N) is 1. The predicted octanol–water partition coefficient (Wildman–Crippen LogP) is -1.25. The number of amides is 1. The fraction of sp³-hybridized carbons (Fsp3) is 0.688. The molecule has 8 nitrogen and oxygen atoms in total. The van der Waals surface area contributed by atoms with Crippen LogP contribution in [0.15, 0.2) is 22.8 Å². The van der Waals surface area contributed by atoms with Crippen molar-refractivity contribution in [1.29, 1.82) is 0 Å². The molecule has 0 aliphatic carbocycles. The molecule has 0 saturated carbocycles. The normalized spacial score (nSPS) is 32.1. The van der Waals surface area contributed by atoms with E-state index in [0.717, 1.165) is 26.2 Å². The standard InChI is InChI=1S/C16H25N3O5/c1-18-4-6-19(7-5-18)14-12(24-13(10-20)15(14)21)9-17-16(22)11-3-2-8-23-11/h2-3,8,12-15,20-21H,4-7,9-10H2,1H3,(H,17,22)/t12-,13+,14+,15-/m1/s1. The molecule has 0 spiro atoms. The highest BCUT2D eigenvalue weighted by Gasteiger charge is 2.46. The zero-order chi connectivity index (χ0) is 17.1. The third-order valence-corrected chi connectivity index (χ3v) is 4.81. The number of furan rings is 1. The van der Waals surface area contributed by atoms with Gasteiger partial charge in [-0.3, -0.25) is 9.69 Å². The largest absolute Gasteiger partial charge is 0.459 e. The average Bonchev–Trinajstić information content (AvgIpc) is 3.22. The first kappa shape index (κ1) is 17.4. The minimum atomic E-state index is -0.774. The summed E-state index contributed by atoms with van der Waals surface area (Å²) in [5.74, 6) is -0.0777. The number of rotatable bonds is 5. The molecule has 1 aromatic rings. The summed E-state index contributed by atoms with van der Waals surface area (Å²) >= 11 is 0. The number of piperazine rings is 1. The van der Waals surface area contributed by atoms with Crippen LogP contribution in [0, 0.1) is 0 Å². The van der Waals surface area contributed by atoms with Crippen molar-refractivity contribution < 1.29 is 24.2 Å². The first-order chi connectivity index (χ1) is 11.6. The minimum Gasteiger partial charge on any atom is -0.459 e. The van der Waals surface area contributed by atoms with Gasteiger partial charge >= 0.3 is 0 Å². The van der Waals surface area contributed by atoms with Gasteiger partial charge < -0.3 is 29.6 Å². The van der Waals surface area contributed by atoms with E-state index in [1.807, 2.05) is 0 Å². The molecule has 8 heteroatoms. The molecule has 1 amide bonds. The van der Waals surface area contributed by atoms with Crippen molar-refractivity contribution in [2.45, 2.75) is 24.4 Å². The van der Waals surface area contributed by atoms with Crippen LogP contribution >= 0.6 is 0 Å². The zero-order valence-corrected chi connectivity index (χ0v) is 13.8. The Bertz CT molecular complexity index is 530. The summed E-state index contributed by atoms with van der Waals surface area (Å²) in [7, 11) is 2.07. The fourth-order valence-electron chi connectivity index (χ4n) is 3.40. The lowest BCUT2D eigenvalue weighted by Crippen LogP contribution is -2.56. The Balaban J connectivity index is 1.63. The summed E-state index contributed by atoms with van der Waals surface area (Å²) in [5, 5.41) is 22.7. The van der Waals surface area contributed by atoms with Crippen LogP contribution in [0.1, 0.15) is 10.6 Å². The highest BCUT2D eigenvalue weighted by molar-refractivity contribution is 5.91. The summed E-state index contributed by atoms with van der Waals surface area (Å²) in [6, 6.07) is 3.00. The van der Waals surface area contributed by atoms with Crippen molar-refractivity contribution in [2.24, 2.45) is 0 Å². The molecular formula is C16H25N3O5. The predicted molar refractivity (Wildman–Crippen MR) is 85.7 cm³/mol. The highest BCUT2D eigenvalue weighted by atomic mass is 16.5. The maximum absolute atomic E-state index is 12.0. The lowest BCUT2D eigenvalue weighted by Gasteiger charge is -2.39. The van der Waals surface area contributed by atoms with Crippen molar-refractivity contribution in [2.75, 3.05) is 46.4 Å². The Hall–Kier alpha value is -1.45. The first-order valence-electron chi connectivity index (χ1n) is 8.29. The summed E-state index contributed by atoms with van der Waals surface area (Å²) in [6.45, 7) is 3.49. The number of hydrogen-bond acceptors (Lipinski definition) is 7. The first-order valence-corrected chi connectivity index (χ1v) is 8.29. The van der Waals surface area contributed by atoms with E-state index in [-0.39, 0.29) is 37.0 Å². The van der Waals surface area contributed by atoms with Crippen molar-refractivity contribution in [3.63, 3.8) is 0 Å². The van der Waals surface area contributed by atoms with Gasteiger partial charge in [0.2, 0.25) is 0 Å². The third kappa shape index (κ3) is 3.62. The average molecular weight is 339 g/mol. The van der Waals surface area contributed by atoms with Crippen molar-refractivity contribution >= 4 is 5.91 Å². The number of nitrogens with zero attached hydrogens (tertiary/aromatic N) is 2. The van der Waals surface area contributed by atoms with Crippen LogP contribution in [-0.4, -0.2) is 96.7 Å². The van der Waals surface area contributed by atoms with E-state index in [9.17, 15) is 15.0 Å². The molecule has 0 unspecified atom stereocenters. The lowest BCUT2D eigenvalue weighted by molar-refractivity contribution is -0.0209. The van der Waals surface area contributed by atoms with Gasteiger partial charge in [-0.1, -0.05) is 0 Å². The van der Waals surface area contributed by atoms with Crippen LogP contribution in [0.5, 0.6) is 0 Å². The second-order valence-corrected chi connectivity index (χ2v) is 6.40. The van der Waals surface area contributed by atoms with Gasteiger partial charge in [0.05, 0.1) is 25.0 Å². The summed E-state index contributed by atoms with van der Waals surface area (Å²) in [4.78, 5) is 16.4. The van der Waals surface area contributed by atoms with Gasteiger partial charge in [0.25, 0.3) is 5.91 Å². The number of hydrogen-bond donors (Lipinski definition) is 3. The maximum Gasteiger partial charge on any atom is 0.287 e. The van der Waals surface area contributed by atoms with Gasteiger partial charge in [-0.05, 0) is 19.2 Å². The van der Waals surface area contributed by atoms with Crippen molar-refractivity contribution in [3.05, 3.63) is 24.2 Å². The molecule has 2 fully saturated rings. The highest BCUT2D eigenvalue weighted by Crippen LogP contribution is 2.26. The van der Waals surface area contributed by atoms with Gasteiger partial charge in [-0.25, -0.2) is 0 Å². The summed E-state index contributed by atoms with van der Waals surface area (Å²) in [5.41, 5.74) is 0. The Morgan fingerprint density at radius 1 is 1.33 bits per heavy atom. The molecule has 134 valence electrons. The zero-order valence-electron chi connectivity index (χ0n) is 13.8. The molecule has 0 aromatic carbocycles. The molecule has 0 radical (unpaired) electrons. The van der Waals surface area contributed by atoms with Crippen molar-refractivity contribution in [3.8, 4) is 0 Å². The quantitative estimate of drug-likeness (QED) is 0.616. The van der Waals surface area contributed by atoms with Gasteiger partial charge in [-0.15, -0.1) is 0 Å².